The molecule has 1 aromatic carbocycles. The van der Waals surface area contributed by atoms with Crippen LogP contribution in [0.3, 0.4) is 0 Å². The zero-order valence-electron chi connectivity index (χ0n) is 16.4. The number of hydrogen-bond acceptors (Lipinski definition) is 3. The van der Waals surface area contributed by atoms with Crippen LogP contribution in [-0.4, -0.2) is 48.4 Å². The number of aliphatic imine (C=N–C) groups is 1. The lowest BCUT2D eigenvalue weighted by Crippen LogP contribution is -2.39. The quantitative estimate of drug-likeness (QED) is 0.368. The van der Waals surface area contributed by atoms with E-state index < -0.39 is 0 Å². The molecule has 0 aliphatic rings. The third kappa shape index (κ3) is 6.33. The second-order valence-corrected chi connectivity index (χ2v) is 6.31. The van der Waals surface area contributed by atoms with E-state index in [0.717, 1.165) is 69.5 Å². The number of nitrogens with one attached hydrogen (secondary N) is 2. The Hall–Kier alpha value is -2.08. The molecule has 26 heavy (non-hydrogen) atoms. The number of hydrogen-bond donors (Lipinski definition) is 2. The minimum absolute atomic E-state index is 0.772. The fourth-order valence-electron chi connectivity index (χ4n) is 2.81. The molecule has 0 unspecified atom stereocenters. The van der Waals surface area contributed by atoms with Gasteiger partial charge in [0, 0.05) is 39.4 Å². The molecule has 6 heteroatoms. The minimum Gasteiger partial charge on any atom is -0.381 e. The maximum Gasteiger partial charge on any atom is 0.191 e. The highest BCUT2D eigenvalue weighted by Crippen LogP contribution is 2.14. The predicted molar refractivity (Wildman–Crippen MR) is 109 cm³/mol. The van der Waals surface area contributed by atoms with Gasteiger partial charge in [0.1, 0.15) is 5.82 Å². The van der Waals surface area contributed by atoms with Crippen LogP contribution in [0.2, 0.25) is 0 Å². The average molecular weight is 360 g/mol. The Kier molecular flexibility index (Phi) is 8.96. The van der Waals surface area contributed by atoms with Gasteiger partial charge in [0.2, 0.25) is 0 Å². The Morgan fingerprint density at radius 2 is 1.96 bits per heavy atom. The summed E-state index contributed by atoms with van der Waals surface area (Å²) in [5, 5.41) is 6.71. The zero-order valence-corrected chi connectivity index (χ0v) is 16.4. The number of imidazole rings is 1. The van der Waals surface area contributed by atoms with Crippen LogP contribution < -0.4 is 10.6 Å². The molecule has 0 atom stereocenters. The molecule has 0 aliphatic heterocycles. The molecular weight excluding hydrogens is 326 g/mol. The molecule has 1 heterocycles. The number of aromatic nitrogens is 2. The topological polar surface area (TPSA) is 63.5 Å². The van der Waals surface area contributed by atoms with Gasteiger partial charge in [0.25, 0.3) is 0 Å². The number of para-hydroxylation sites is 2. The van der Waals surface area contributed by atoms with Crippen molar-refractivity contribution < 1.29 is 4.74 Å². The van der Waals surface area contributed by atoms with E-state index in [0.29, 0.717) is 0 Å². The number of ether oxygens (including phenoxy) is 1. The van der Waals surface area contributed by atoms with Crippen LogP contribution in [0, 0.1) is 6.92 Å². The lowest BCUT2D eigenvalue weighted by Gasteiger charge is -2.13. The molecule has 0 saturated carbocycles. The summed E-state index contributed by atoms with van der Waals surface area (Å²) in [6, 6.07) is 8.26. The van der Waals surface area contributed by atoms with Crippen LogP contribution >= 0.6 is 0 Å². The summed E-state index contributed by atoms with van der Waals surface area (Å²) >= 11 is 0. The van der Waals surface area contributed by atoms with Crippen LogP contribution in [0.1, 0.15) is 38.9 Å². The fourth-order valence-corrected chi connectivity index (χ4v) is 2.81. The highest BCUT2D eigenvalue weighted by Gasteiger charge is 2.06. The standard InChI is InChI=1S/C20H33N5O/c1-4-6-15-26-16-9-12-22-20(21-5-2)23-13-14-25-17(3)24-18-10-7-8-11-19(18)25/h7-8,10-11H,4-6,9,12-16H2,1-3H3,(H2,21,22,23). The average Bonchev–Trinajstić information content (AvgIpc) is 2.96. The largest absolute Gasteiger partial charge is 0.381 e. The number of benzene rings is 1. The molecule has 6 nitrogen and oxygen atoms in total. The monoisotopic (exact) mass is 359 g/mol. The summed E-state index contributed by atoms with van der Waals surface area (Å²) < 4.78 is 7.82. The van der Waals surface area contributed by atoms with Gasteiger partial charge < -0.3 is 19.9 Å². The molecular formula is C20H33N5O. The van der Waals surface area contributed by atoms with E-state index in [2.05, 4.69) is 64.1 Å². The molecule has 0 radical (unpaired) electrons. The van der Waals surface area contributed by atoms with Gasteiger partial charge in [-0.15, -0.1) is 0 Å². The van der Waals surface area contributed by atoms with Crippen molar-refractivity contribution in [1.29, 1.82) is 0 Å². The molecule has 2 rings (SSSR count). The van der Waals surface area contributed by atoms with Gasteiger partial charge in [-0.1, -0.05) is 25.5 Å². The number of guanidine groups is 1. The molecule has 0 spiro atoms. The summed E-state index contributed by atoms with van der Waals surface area (Å²) in [6.07, 6.45) is 3.26. The van der Waals surface area contributed by atoms with Crippen molar-refractivity contribution in [2.45, 2.75) is 46.6 Å². The van der Waals surface area contributed by atoms with Crippen LogP contribution in [-0.2, 0) is 11.3 Å². The summed E-state index contributed by atoms with van der Waals surface area (Å²) in [5.74, 6) is 1.90. The highest BCUT2D eigenvalue weighted by molar-refractivity contribution is 5.79. The van der Waals surface area contributed by atoms with Crippen LogP contribution in [0.4, 0.5) is 0 Å². The Bertz CT molecular complexity index is 680. The van der Waals surface area contributed by atoms with E-state index in [-0.39, 0.29) is 0 Å². The molecule has 0 bridgehead atoms. The minimum atomic E-state index is 0.772. The zero-order chi connectivity index (χ0) is 18.6. The van der Waals surface area contributed by atoms with Crippen molar-refractivity contribution in [2.24, 2.45) is 4.99 Å². The Morgan fingerprint density at radius 3 is 2.77 bits per heavy atom. The first-order valence-electron chi connectivity index (χ1n) is 9.78. The van der Waals surface area contributed by atoms with Crippen LogP contribution in [0.25, 0.3) is 11.0 Å². The molecule has 0 amide bonds. The Labute approximate surface area is 157 Å². The van der Waals surface area contributed by atoms with Crippen molar-refractivity contribution >= 4 is 17.0 Å². The molecule has 0 fully saturated rings. The summed E-state index contributed by atoms with van der Waals surface area (Å²) in [6.45, 7) is 11.2. The van der Waals surface area contributed by atoms with Crippen molar-refractivity contribution in [2.75, 3.05) is 32.8 Å². The van der Waals surface area contributed by atoms with E-state index in [9.17, 15) is 0 Å². The van der Waals surface area contributed by atoms with Crippen LogP contribution in [0.5, 0.6) is 0 Å². The number of unbranched alkanes of at least 4 members (excludes halogenated alkanes) is 1. The van der Waals surface area contributed by atoms with E-state index in [1.54, 1.807) is 0 Å². The Balaban J connectivity index is 1.78. The first-order chi connectivity index (χ1) is 12.8. The van der Waals surface area contributed by atoms with Gasteiger partial charge in [-0.3, -0.25) is 4.99 Å². The normalized spacial score (nSPS) is 11.9. The van der Waals surface area contributed by atoms with Crippen molar-refractivity contribution in [1.82, 2.24) is 20.2 Å². The van der Waals surface area contributed by atoms with Gasteiger partial charge in [0.15, 0.2) is 5.96 Å². The summed E-state index contributed by atoms with van der Waals surface area (Å²) in [7, 11) is 0. The van der Waals surface area contributed by atoms with Gasteiger partial charge in [-0.05, 0) is 38.8 Å². The maximum atomic E-state index is 5.58. The highest BCUT2D eigenvalue weighted by atomic mass is 16.5. The van der Waals surface area contributed by atoms with Crippen molar-refractivity contribution in [3.05, 3.63) is 30.1 Å². The smallest absolute Gasteiger partial charge is 0.191 e. The number of nitrogens with zero attached hydrogens (tertiary/aromatic N) is 3. The van der Waals surface area contributed by atoms with Gasteiger partial charge in [-0.2, -0.15) is 0 Å². The molecule has 2 N–H and O–H groups in total. The molecule has 0 aliphatic carbocycles. The SMILES string of the molecule is CCCCOCCCN=C(NCC)NCCn1c(C)nc2ccccc21. The lowest BCUT2D eigenvalue weighted by atomic mass is 10.3. The third-order valence-electron chi connectivity index (χ3n) is 4.18. The van der Waals surface area contributed by atoms with E-state index in [1.807, 2.05) is 6.07 Å². The predicted octanol–water partition coefficient (Wildman–Crippen LogP) is 3.11. The second-order valence-electron chi connectivity index (χ2n) is 6.31. The van der Waals surface area contributed by atoms with E-state index in [1.165, 1.54) is 11.9 Å². The van der Waals surface area contributed by atoms with E-state index in [4.69, 9.17) is 4.74 Å². The lowest BCUT2D eigenvalue weighted by molar-refractivity contribution is 0.130. The second kappa shape index (κ2) is 11.5. The number of rotatable bonds is 11. The number of aryl methyl sites for hydroxylation is 1. The molecule has 1 aromatic heterocycles. The first-order valence-corrected chi connectivity index (χ1v) is 9.78. The molecule has 144 valence electrons. The summed E-state index contributed by atoms with van der Waals surface area (Å²) in [4.78, 5) is 9.24. The summed E-state index contributed by atoms with van der Waals surface area (Å²) in [5.41, 5.74) is 2.23. The Morgan fingerprint density at radius 1 is 1.15 bits per heavy atom. The van der Waals surface area contributed by atoms with Gasteiger partial charge in [0.05, 0.1) is 11.0 Å². The molecule has 0 saturated heterocycles. The van der Waals surface area contributed by atoms with Crippen molar-refractivity contribution in [3.8, 4) is 0 Å². The fraction of sp³-hybridized carbons (Fsp3) is 0.600. The third-order valence-corrected chi connectivity index (χ3v) is 4.18. The van der Waals surface area contributed by atoms with Gasteiger partial charge in [-0.25, -0.2) is 4.98 Å². The molecule has 2 aromatic rings. The van der Waals surface area contributed by atoms with Gasteiger partial charge >= 0.3 is 0 Å². The van der Waals surface area contributed by atoms with E-state index >= 15 is 0 Å². The van der Waals surface area contributed by atoms with Crippen LogP contribution in [0.15, 0.2) is 29.3 Å². The number of fused-ring (bicyclic) bond motifs is 1. The maximum absolute atomic E-state index is 5.58. The first kappa shape index (κ1) is 20.2. The van der Waals surface area contributed by atoms with Crippen molar-refractivity contribution in [3.63, 3.8) is 0 Å².